The fraction of sp³-hybridized carbons (Fsp3) is 0.348. The molecule has 2 bridgehead atoms. The molecule has 0 saturated carbocycles. The zero-order valence-corrected chi connectivity index (χ0v) is 17.3. The number of fused-ring (bicyclic) bond motifs is 2. The lowest BCUT2D eigenvalue weighted by Crippen LogP contribution is -2.37. The summed E-state index contributed by atoms with van der Waals surface area (Å²) in [6.45, 7) is 0. The van der Waals surface area contributed by atoms with E-state index in [1.807, 2.05) is 0 Å². The van der Waals surface area contributed by atoms with Gasteiger partial charge >= 0.3 is 6.18 Å². The van der Waals surface area contributed by atoms with Crippen LogP contribution in [0.2, 0.25) is 0 Å². The van der Waals surface area contributed by atoms with E-state index in [1.54, 1.807) is 11.0 Å². The van der Waals surface area contributed by atoms with E-state index in [9.17, 15) is 22.4 Å². The molecule has 10 heteroatoms. The van der Waals surface area contributed by atoms with Gasteiger partial charge in [0.05, 0.1) is 23.0 Å². The molecule has 2 aromatic heterocycles. The van der Waals surface area contributed by atoms with Gasteiger partial charge in [-0.2, -0.15) is 13.2 Å². The van der Waals surface area contributed by atoms with Gasteiger partial charge in [-0.1, -0.05) is 6.07 Å². The molecule has 0 spiro atoms. The lowest BCUT2D eigenvalue weighted by atomic mass is 9.86. The van der Waals surface area contributed by atoms with Gasteiger partial charge in [-0.15, -0.1) is 0 Å². The van der Waals surface area contributed by atoms with E-state index in [-0.39, 0.29) is 35.1 Å². The van der Waals surface area contributed by atoms with Gasteiger partial charge in [-0.3, -0.25) is 9.78 Å². The highest BCUT2D eigenvalue weighted by Gasteiger charge is 2.49. The maximum Gasteiger partial charge on any atom is 0.434 e. The number of aromatic nitrogens is 4. The first-order chi connectivity index (χ1) is 16.2. The van der Waals surface area contributed by atoms with Gasteiger partial charge in [0.2, 0.25) is 0 Å². The van der Waals surface area contributed by atoms with Crippen molar-refractivity contribution < 1.29 is 23.7 Å². The van der Waals surface area contributed by atoms with Crippen molar-refractivity contribution in [3.8, 4) is 11.4 Å². The largest absolute Gasteiger partial charge is 0.434 e. The fourth-order valence-electron chi connectivity index (χ4n) is 4.74. The van der Waals surface area contributed by atoms with Crippen molar-refractivity contribution in [2.45, 2.75) is 43.9 Å². The number of carbonyl (C=O) groups is 1. The molecule has 2 aliphatic rings. The third-order valence-corrected chi connectivity index (χ3v) is 6.14. The number of nitrogens with zero attached hydrogens (tertiary/aromatic N) is 5. The molecule has 5 rings (SSSR count). The number of halogens is 4. The minimum Gasteiger partial charge on any atom is -0.332 e. The highest BCUT2D eigenvalue weighted by atomic mass is 19.4. The second-order valence-electron chi connectivity index (χ2n) is 8.12. The number of alkyl halides is 3. The van der Waals surface area contributed by atoms with Gasteiger partial charge in [-0.25, -0.2) is 19.3 Å². The Labute approximate surface area is 188 Å². The number of benzene rings is 1. The van der Waals surface area contributed by atoms with Crippen LogP contribution >= 0.6 is 0 Å². The molecule has 0 N–H and O–H groups in total. The van der Waals surface area contributed by atoms with Crippen molar-refractivity contribution in [3.63, 3.8) is 0 Å². The van der Waals surface area contributed by atoms with Crippen LogP contribution in [0, 0.1) is 11.7 Å². The number of amides is 1. The molecule has 170 valence electrons. The monoisotopic (exact) mass is 458 g/mol. The first-order valence-corrected chi connectivity index (χ1v) is 10.4. The molecule has 2 aliphatic heterocycles. The van der Waals surface area contributed by atoms with Crippen molar-refractivity contribution >= 4 is 5.91 Å². The molecule has 0 radical (unpaired) electrons. The van der Waals surface area contributed by atoms with Crippen molar-refractivity contribution in [1.82, 2.24) is 24.8 Å². The lowest BCUT2D eigenvalue weighted by Gasteiger charge is -2.25. The van der Waals surface area contributed by atoms with Crippen LogP contribution < -0.4 is 0 Å². The van der Waals surface area contributed by atoms with Gasteiger partial charge < -0.3 is 4.90 Å². The fourth-order valence-corrected chi connectivity index (χ4v) is 4.74. The topological polar surface area (TPSA) is 71.9 Å². The lowest BCUT2D eigenvalue weighted by molar-refractivity contribution is -0.141. The van der Waals surface area contributed by atoms with Gasteiger partial charge in [0.25, 0.3) is 5.91 Å². The Kier molecular flexibility index (Phi) is 5.00. The third-order valence-electron chi connectivity index (χ3n) is 6.14. The molecule has 2 saturated heterocycles. The first kappa shape index (κ1) is 20.2. The Hall–Kier alpha value is -3.43. The van der Waals surface area contributed by atoms with Crippen molar-refractivity contribution in [3.05, 3.63) is 71.8 Å². The maximum atomic E-state index is 14.8. The summed E-state index contributed by atoms with van der Waals surface area (Å²) in [5, 5.41) is 0. The first-order valence-electron chi connectivity index (χ1n) is 10.9. The van der Waals surface area contributed by atoms with Crippen LogP contribution in [0.1, 0.15) is 42.4 Å². The summed E-state index contributed by atoms with van der Waals surface area (Å²) >= 11 is 0. The molecule has 3 unspecified atom stereocenters. The van der Waals surface area contributed by atoms with Crippen molar-refractivity contribution in [1.29, 1.82) is 0 Å². The van der Waals surface area contributed by atoms with Crippen LogP contribution in [0.25, 0.3) is 11.4 Å². The normalized spacial score (nSPS) is 24.7. The molecule has 6 nitrogen and oxygen atoms in total. The van der Waals surface area contributed by atoms with Crippen LogP contribution in [0.15, 0.2) is 49.1 Å². The van der Waals surface area contributed by atoms with E-state index in [0.29, 0.717) is 25.5 Å². The molecule has 1 amide bonds. The predicted molar refractivity (Wildman–Crippen MR) is 109 cm³/mol. The molecule has 33 heavy (non-hydrogen) atoms. The summed E-state index contributed by atoms with van der Waals surface area (Å²) in [6, 6.07) is 5.07. The Bertz CT molecular complexity index is 1220. The SMILES string of the molecule is [2H]C1(Cc2cnc(C(F)(F)F)cn2)CC2CCC1N2C(=O)c1cccc(F)c1-c1ncccn1. The highest BCUT2D eigenvalue weighted by Crippen LogP contribution is 2.44. The molecular formula is C23H19F4N5O. The number of hydrogen-bond acceptors (Lipinski definition) is 5. The van der Waals surface area contributed by atoms with E-state index in [4.69, 9.17) is 1.37 Å². The van der Waals surface area contributed by atoms with Crippen LogP contribution in [0.5, 0.6) is 0 Å². The van der Waals surface area contributed by atoms with E-state index in [1.165, 1.54) is 30.6 Å². The predicted octanol–water partition coefficient (Wildman–Crippen LogP) is 4.33. The minimum absolute atomic E-state index is 0.00332. The summed E-state index contributed by atoms with van der Waals surface area (Å²) in [6.07, 6.45) is 1.69. The average molecular weight is 458 g/mol. The number of carbonyl (C=O) groups excluding carboxylic acids is 1. The van der Waals surface area contributed by atoms with Gasteiger partial charge in [-0.05, 0) is 49.8 Å². The zero-order chi connectivity index (χ0) is 24.1. The Morgan fingerprint density at radius 2 is 1.88 bits per heavy atom. The number of rotatable bonds is 4. The molecule has 0 aliphatic carbocycles. The van der Waals surface area contributed by atoms with Gasteiger partial charge in [0.15, 0.2) is 11.5 Å². The van der Waals surface area contributed by atoms with Gasteiger partial charge in [0.1, 0.15) is 5.82 Å². The van der Waals surface area contributed by atoms with Crippen LogP contribution in [-0.2, 0) is 12.6 Å². The van der Waals surface area contributed by atoms with E-state index in [0.717, 1.165) is 6.20 Å². The smallest absolute Gasteiger partial charge is 0.332 e. The average Bonchev–Trinajstić information content (AvgIpc) is 3.34. The van der Waals surface area contributed by atoms with Crippen LogP contribution in [-0.4, -0.2) is 42.8 Å². The third kappa shape index (κ3) is 3.94. The van der Waals surface area contributed by atoms with E-state index in [2.05, 4.69) is 19.9 Å². The van der Waals surface area contributed by atoms with Crippen molar-refractivity contribution in [2.75, 3.05) is 0 Å². The summed E-state index contributed by atoms with van der Waals surface area (Å²) in [5.41, 5.74) is -0.723. The molecule has 4 heterocycles. The Balaban J connectivity index is 1.43. The van der Waals surface area contributed by atoms with Crippen molar-refractivity contribution in [2.24, 2.45) is 5.89 Å². The standard InChI is InChI=1S/C23H19F4N5O/c24-17-4-1-3-16(20(17)21-28-7-2-8-29-21)22(33)32-15-5-6-18(32)13(10-15)9-14-11-31-19(12-30-14)23(25,26)27/h1-4,7-8,11-13,15,18H,5-6,9-10H2/i13D. The van der Waals surface area contributed by atoms with E-state index >= 15 is 0 Å². The van der Waals surface area contributed by atoms with Crippen LogP contribution in [0.4, 0.5) is 17.6 Å². The Morgan fingerprint density at radius 3 is 2.58 bits per heavy atom. The summed E-state index contributed by atoms with van der Waals surface area (Å²) in [7, 11) is 0. The van der Waals surface area contributed by atoms with Crippen LogP contribution in [0.3, 0.4) is 0 Å². The molecule has 3 atom stereocenters. The second kappa shape index (κ2) is 8.17. The minimum atomic E-state index is -4.59. The quantitative estimate of drug-likeness (QED) is 0.545. The molecule has 3 aromatic rings. The highest BCUT2D eigenvalue weighted by molar-refractivity contribution is 6.01. The Morgan fingerprint density at radius 1 is 1.09 bits per heavy atom. The molecule has 1 aromatic carbocycles. The summed E-state index contributed by atoms with van der Waals surface area (Å²) < 4.78 is 62.2. The molecular weight excluding hydrogens is 438 g/mol. The second-order valence-corrected chi connectivity index (χ2v) is 8.12. The van der Waals surface area contributed by atoms with E-state index < -0.39 is 35.5 Å². The summed E-state index contributed by atoms with van der Waals surface area (Å²) in [5.74, 6) is -2.08. The maximum absolute atomic E-state index is 14.8. The number of hydrogen-bond donors (Lipinski definition) is 0. The zero-order valence-electron chi connectivity index (χ0n) is 18.3. The van der Waals surface area contributed by atoms with Gasteiger partial charge in [0, 0.05) is 32.0 Å². The molecule has 2 fully saturated rings. The summed E-state index contributed by atoms with van der Waals surface area (Å²) in [4.78, 5) is 30.7.